The number of aromatic amines is 1. The second-order valence-corrected chi connectivity index (χ2v) is 4.14. The molecule has 4 N–H and O–H groups in total. The van der Waals surface area contributed by atoms with Gasteiger partial charge in [-0.2, -0.15) is 8.42 Å². The fraction of sp³-hybridized carbons (Fsp3) is 0. The van der Waals surface area contributed by atoms with Crippen molar-refractivity contribution in [1.82, 2.24) is 9.97 Å². The number of nitrogens with zero attached hydrogens (tertiary/aromatic N) is 1. The normalized spacial score (nSPS) is 12.1. The molecule has 0 radical (unpaired) electrons. The van der Waals surface area contributed by atoms with E-state index in [2.05, 4.69) is 9.97 Å². The van der Waals surface area contributed by atoms with Crippen molar-refractivity contribution in [1.29, 1.82) is 0 Å². The van der Waals surface area contributed by atoms with Gasteiger partial charge in [-0.3, -0.25) is 4.55 Å². The van der Waals surface area contributed by atoms with Crippen LogP contribution in [0.15, 0.2) is 23.4 Å². The topological polar surface area (TPSA) is 109 Å². The van der Waals surface area contributed by atoms with Crippen molar-refractivity contribution < 1.29 is 13.0 Å². The second-order valence-electron chi connectivity index (χ2n) is 2.75. The van der Waals surface area contributed by atoms with E-state index in [4.69, 9.17) is 10.3 Å². The zero-order valence-electron chi connectivity index (χ0n) is 6.93. The molecule has 0 aliphatic carbocycles. The molecule has 1 heterocycles. The Morgan fingerprint density at radius 1 is 1.43 bits per heavy atom. The Bertz CT molecular complexity index is 587. The molecule has 1 aromatic heterocycles. The summed E-state index contributed by atoms with van der Waals surface area (Å²) in [5.74, 6) is 0. The van der Waals surface area contributed by atoms with Crippen LogP contribution in [-0.4, -0.2) is 22.9 Å². The Morgan fingerprint density at radius 3 is 2.79 bits per heavy atom. The van der Waals surface area contributed by atoms with Gasteiger partial charge in [0.25, 0.3) is 10.1 Å². The van der Waals surface area contributed by atoms with Crippen LogP contribution in [0.25, 0.3) is 11.0 Å². The maximum Gasteiger partial charge on any atom is 0.296 e. The summed E-state index contributed by atoms with van der Waals surface area (Å²) >= 11 is 0. The minimum Gasteiger partial charge on any atom is -0.396 e. The number of rotatable bonds is 1. The standard InChI is InChI=1S/C7H7N3O3S/c8-6-5(14(11,12)13)2-1-4-7(6)10-3-9-4/h1-3H,8H2,(H,9,10)(H,11,12,13). The summed E-state index contributed by atoms with van der Waals surface area (Å²) in [6.07, 6.45) is 1.40. The average molecular weight is 213 g/mol. The van der Waals surface area contributed by atoms with Crippen molar-refractivity contribution in [3.8, 4) is 0 Å². The number of anilines is 1. The lowest BCUT2D eigenvalue weighted by Gasteiger charge is -2.01. The summed E-state index contributed by atoms with van der Waals surface area (Å²) in [5.41, 5.74) is 6.43. The van der Waals surface area contributed by atoms with Gasteiger partial charge in [0.2, 0.25) is 0 Å². The molecule has 0 fully saturated rings. The van der Waals surface area contributed by atoms with Crippen molar-refractivity contribution in [3.63, 3.8) is 0 Å². The van der Waals surface area contributed by atoms with E-state index in [0.717, 1.165) is 0 Å². The fourth-order valence-electron chi connectivity index (χ4n) is 1.24. The summed E-state index contributed by atoms with van der Waals surface area (Å²) < 4.78 is 30.5. The lowest BCUT2D eigenvalue weighted by atomic mass is 10.3. The predicted molar refractivity (Wildman–Crippen MR) is 50.3 cm³/mol. The second kappa shape index (κ2) is 2.69. The van der Waals surface area contributed by atoms with Crippen LogP contribution < -0.4 is 5.73 Å². The van der Waals surface area contributed by atoms with Crippen molar-refractivity contribution in [2.45, 2.75) is 4.90 Å². The highest BCUT2D eigenvalue weighted by Crippen LogP contribution is 2.25. The van der Waals surface area contributed by atoms with E-state index in [9.17, 15) is 8.42 Å². The third kappa shape index (κ3) is 1.22. The number of fused-ring (bicyclic) bond motifs is 1. The van der Waals surface area contributed by atoms with Gasteiger partial charge >= 0.3 is 0 Å². The Balaban J connectivity index is 2.88. The lowest BCUT2D eigenvalue weighted by molar-refractivity contribution is 0.484. The Morgan fingerprint density at radius 2 is 2.14 bits per heavy atom. The zero-order chi connectivity index (χ0) is 10.3. The maximum atomic E-state index is 10.9. The molecule has 2 aromatic rings. The van der Waals surface area contributed by atoms with Gasteiger partial charge in [-0.1, -0.05) is 0 Å². The molecule has 1 aromatic carbocycles. The van der Waals surface area contributed by atoms with Gasteiger partial charge in [-0.15, -0.1) is 0 Å². The van der Waals surface area contributed by atoms with E-state index >= 15 is 0 Å². The van der Waals surface area contributed by atoms with Crippen molar-refractivity contribution in [2.24, 2.45) is 0 Å². The molecular weight excluding hydrogens is 206 g/mol. The van der Waals surface area contributed by atoms with Crippen molar-refractivity contribution in [2.75, 3.05) is 5.73 Å². The Labute approximate surface area is 79.5 Å². The van der Waals surface area contributed by atoms with Gasteiger partial charge in [-0.05, 0) is 12.1 Å². The summed E-state index contributed by atoms with van der Waals surface area (Å²) in [6.45, 7) is 0. The molecule has 0 aliphatic heterocycles. The number of nitrogen functional groups attached to an aromatic ring is 1. The highest BCUT2D eigenvalue weighted by molar-refractivity contribution is 7.86. The first-order valence-electron chi connectivity index (χ1n) is 3.69. The quantitative estimate of drug-likeness (QED) is 0.469. The number of nitrogens with one attached hydrogen (secondary N) is 1. The van der Waals surface area contributed by atoms with E-state index in [1.54, 1.807) is 0 Å². The zero-order valence-corrected chi connectivity index (χ0v) is 7.75. The smallest absolute Gasteiger partial charge is 0.296 e. The van der Waals surface area contributed by atoms with Crippen LogP contribution in [0.4, 0.5) is 5.69 Å². The van der Waals surface area contributed by atoms with Crippen LogP contribution in [0.5, 0.6) is 0 Å². The molecule has 74 valence electrons. The van der Waals surface area contributed by atoms with Crippen LogP contribution in [-0.2, 0) is 10.1 Å². The number of H-pyrrole nitrogens is 1. The molecule has 0 saturated heterocycles. The highest BCUT2D eigenvalue weighted by atomic mass is 32.2. The van der Waals surface area contributed by atoms with Gasteiger partial charge in [0.05, 0.1) is 17.5 Å². The number of benzene rings is 1. The van der Waals surface area contributed by atoms with Gasteiger partial charge in [0.15, 0.2) is 0 Å². The maximum absolute atomic E-state index is 10.9. The predicted octanol–water partition coefficient (Wildman–Crippen LogP) is 0.392. The van der Waals surface area contributed by atoms with Crippen LogP contribution >= 0.6 is 0 Å². The van der Waals surface area contributed by atoms with Gasteiger partial charge in [0.1, 0.15) is 10.4 Å². The number of hydrogen-bond donors (Lipinski definition) is 3. The van der Waals surface area contributed by atoms with E-state index in [-0.39, 0.29) is 10.6 Å². The summed E-state index contributed by atoms with van der Waals surface area (Å²) in [4.78, 5) is 6.29. The van der Waals surface area contributed by atoms with Crippen molar-refractivity contribution >= 4 is 26.8 Å². The van der Waals surface area contributed by atoms with Crippen molar-refractivity contribution in [3.05, 3.63) is 18.5 Å². The molecule has 0 spiro atoms. The fourth-order valence-corrected chi connectivity index (χ4v) is 1.85. The number of nitrogens with two attached hydrogens (primary N) is 1. The first-order valence-corrected chi connectivity index (χ1v) is 5.13. The molecule has 0 unspecified atom stereocenters. The molecule has 14 heavy (non-hydrogen) atoms. The third-order valence-corrected chi connectivity index (χ3v) is 2.78. The summed E-state index contributed by atoms with van der Waals surface area (Å²) in [5, 5.41) is 0. The average Bonchev–Trinajstić information content (AvgIpc) is 2.50. The van der Waals surface area contributed by atoms with Gasteiger partial charge < -0.3 is 10.7 Å². The Hall–Kier alpha value is -1.60. The van der Waals surface area contributed by atoms with E-state index in [1.165, 1.54) is 18.5 Å². The molecular formula is C7H7N3O3S. The van der Waals surface area contributed by atoms with Gasteiger partial charge in [-0.25, -0.2) is 4.98 Å². The van der Waals surface area contributed by atoms with Crippen LogP contribution in [0, 0.1) is 0 Å². The highest BCUT2D eigenvalue weighted by Gasteiger charge is 2.16. The SMILES string of the molecule is Nc1c(S(=O)(=O)O)ccc2[nH]cnc12. The largest absolute Gasteiger partial charge is 0.396 e. The molecule has 0 amide bonds. The number of aromatic nitrogens is 2. The molecule has 7 heteroatoms. The monoisotopic (exact) mass is 213 g/mol. The third-order valence-electron chi connectivity index (χ3n) is 1.87. The Kier molecular flexibility index (Phi) is 1.73. The van der Waals surface area contributed by atoms with E-state index in [0.29, 0.717) is 11.0 Å². The van der Waals surface area contributed by atoms with Crippen LogP contribution in [0.3, 0.4) is 0 Å². The lowest BCUT2D eigenvalue weighted by Crippen LogP contribution is -2.03. The summed E-state index contributed by atoms with van der Waals surface area (Å²) in [7, 11) is -4.28. The first kappa shape index (κ1) is 8.97. The van der Waals surface area contributed by atoms with E-state index < -0.39 is 10.1 Å². The molecule has 0 aliphatic rings. The minimum atomic E-state index is -4.28. The van der Waals surface area contributed by atoms with Crippen LogP contribution in [0.2, 0.25) is 0 Å². The molecule has 0 saturated carbocycles. The minimum absolute atomic E-state index is 0.0498. The number of hydrogen-bond acceptors (Lipinski definition) is 4. The van der Waals surface area contributed by atoms with Crippen LogP contribution in [0.1, 0.15) is 0 Å². The van der Waals surface area contributed by atoms with Gasteiger partial charge in [0, 0.05) is 0 Å². The molecule has 6 nitrogen and oxygen atoms in total. The van der Waals surface area contributed by atoms with E-state index in [1.807, 2.05) is 0 Å². The molecule has 0 atom stereocenters. The summed E-state index contributed by atoms with van der Waals surface area (Å²) in [6, 6.07) is 2.72. The molecule has 0 bridgehead atoms. The molecule has 2 rings (SSSR count). The number of imidazole rings is 1. The first-order chi connectivity index (χ1) is 6.50.